The number of rotatable bonds is 11. The first kappa shape index (κ1) is 26.0. The fourth-order valence-corrected chi connectivity index (χ4v) is 2.37. The Kier molecular flexibility index (Phi) is 24.8. The molecule has 0 aliphatic heterocycles. The second-order valence-electron chi connectivity index (χ2n) is 5.30. The smallest absolute Gasteiger partial charge is 0.168 e. The lowest BCUT2D eigenvalue weighted by atomic mass is 10.1. The molecule has 0 atom stereocenters. The van der Waals surface area contributed by atoms with Crippen molar-refractivity contribution in [1.82, 2.24) is 6.15 Å². The molecule has 0 saturated heterocycles. The highest BCUT2D eigenvalue weighted by molar-refractivity contribution is 8.93. The van der Waals surface area contributed by atoms with E-state index in [0.717, 1.165) is 0 Å². The Morgan fingerprint density at radius 2 is 1.10 bits per heavy atom. The number of hydrogen-bond acceptors (Lipinski definition) is 1. The van der Waals surface area contributed by atoms with Gasteiger partial charge in [0.15, 0.2) is 12.4 Å². The Morgan fingerprint density at radius 3 is 1.57 bits per heavy atom. The van der Waals surface area contributed by atoms with Gasteiger partial charge in [0.05, 0.1) is 0 Å². The monoisotopic (exact) mass is 424 g/mol. The van der Waals surface area contributed by atoms with E-state index in [9.17, 15) is 0 Å². The van der Waals surface area contributed by atoms with Crippen LogP contribution < -0.4 is 27.7 Å². The van der Waals surface area contributed by atoms with Gasteiger partial charge in [0.25, 0.3) is 0 Å². The molecule has 1 aromatic heterocycles. The molecule has 1 aromatic rings. The number of nitrogens with zero attached hydrogens (tertiary/aromatic N) is 1. The van der Waals surface area contributed by atoms with Gasteiger partial charge < -0.3 is 23.1 Å². The van der Waals surface area contributed by atoms with Crippen molar-refractivity contribution in [2.45, 2.75) is 77.7 Å². The average Bonchev–Trinajstić information content (AvgIpc) is 2.42. The van der Waals surface area contributed by atoms with E-state index in [4.69, 9.17) is 0 Å². The minimum absolute atomic E-state index is 0. The molecule has 1 heterocycles. The van der Waals surface area contributed by atoms with Crippen molar-refractivity contribution in [2.24, 2.45) is 0 Å². The highest BCUT2D eigenvalue weighted by Crippen LogP contribution is 2.10. The van der Waals surface area contributed by atoms with Crippen molar-refractivity contribution in [3.8, 4) is 0 Å². The predicted molar refractivity (Wildman–Crippen MR) is 93.8 cm³/mol. The van der Waals surface area contributed by atoms with Gasteiger partial charge >= 0.3 is 0 Å². The van der Waals surface area contributed by atoms with Gasteiger partial charge in [-0.1, -0.05) is 64.4 Å². The van der Waals surface area contributed by atoms with Crippen LogP contribution in [0.15, 0.2) is 30.6 Å². The van der Waals surface area contributed by atoms with Gasteiger partial charge in [-0.2, -0.15) is 0 Å². The molecule has 0 aliphatic carbocycles. The Hall–Kier alpha value is 0.0700. The summed E-state index contributed by atoms with van der Waals surface area (Å²) in [6.07, 6.45) is 18.5. The van der Waals surface area contributed by atoms with Crippen molar-refractivity contribution in [3.63, 3.8) is 0 Å². The van der Waals surface area contributed by atoms with Crippen LogP contribution in [0.3, 0.4) is 0 Å². The van der Waals surface area contributed by atoms with Crippen molar-refractivity contribution >= 4 is 17.0 Å². The third kappa shape index (κ3) is 16.3. The standard InChI is InChI=1S/C17H30N.2BrH.H3N/c1-2-3-4-5-6-7-8-9-10-12-15-18-16-13-11-14-17-18;;;/h11,13-14,16-17H,2-10,12,15H2,1H3;2*1H;1H3/q+1;;;/p-1. The topological polar surface area (TPSA) is 38.9 Å². The highest BCUT2D eigenvalue weighted by atomic mass is 79.9. The number of aryl methyl sites for hydroxylation is 1. The van der Waals surface area contributed by atoms with Crippen LogP contribution in [-0.2, 0) is 6.54 Å². The normalized spacial score (nSPS) is 9.19. The molecule has 21 heavy (non-hydrogen) atoms. The van der Waals surface area contributed by atoms with Crippen LogP contribution in [0, 0.1) is 0 Å². The Balaban J connectivity index is -0.00000108. The first-order valence-electron chi connectivity index (χ1n) is 7.87. The first-order valence-corrected chi connectivity index (χ1v) is 7.87. The maximum atomic E-state index is 2.28. The van der Waals surface area contributed by atoms with Crippen molar-refractivity contribution in [1.29, 1.82) is 0 Å². The third-order valence-corrected chi connectivity index (χ3v) is 3.55. The summed E-state index contributed by atoms with van der Waals surface area (Å²) in [5.74, 6) is 0. The Morgan fingerprint density at radius 1 is 0.667 bits per heavy atom. The maximum Gasteiger partial charge on any atom is 0.168 e. The van der Waals surface area contributed by atoms with E-state index in [1.165, 1.54) is 70.8 Å². The second kappa shape index (κ2) is 20.1. The molecule has 1 rings (SSSR count). The molecule has 0 bridgehead atoms. The number of aromatic nitrogens is 1. The maximum absolute atomic E-state index is 2.28. The molecular formula is C17H34Br2N2. The Labute approximate surface area is 152 Å². The zero-order valence-corrected chi connectivity index (χ0v) is 16.9. The molecule has 126 valence electrons. The molecule has 0 aliphatic rings. The van der Waals surface area contributed by atoms with Crippen LogP contribution in [-0.4, -0.2) is 0 Å². The van der Waals surface area contributed by atoms with Gasteiger partial charge in [0.1, 0.15) is 6.54 Å². The number of unbranched alkanes of at least 4 members (excludes halogenated alkanes) is 9. The van der Waals surface area contributed by atoms with Crippen molar-refractivity contribution < 1.29 is 21.5 Å². The van der Waals surface area contributed by atoms with E-state index >= 15 is 0 Å². The van der Waals surface area contributed by atoms with Crippen LogP contribution in [0.2, 0.25) is 0 Å². The van der Waals surface area contributed by atoms with E-state index in [1.807, 2.05) is 0 Å². The van der Waals surface area contributed by atoms with E-state index < -0.39 is 0 Å². The summed E-state index contributed by atoms with van der Waals surface area (Å²) in [6, 6.07) is 6.29. The SMILES string of the molecule is Br.CCCCCCCCCCCC[n+]1ccccc1.N.[Br-]. The van der Waals surface area contributed by atoms with Crippen LogP contribution in [0.5, 0.6) is 0 Å². The lowest BCUT2D eigenvalue weighted by Crippen LogP contribution is -3.00. The van der Waals surface area contributed by atoms with Gasteiger partial charge in [-0.3, -0.25) is 0 Å². The second-order valence-corrected chi connectivity index (χ2v) is 5.30. The number of hydrogen-bond donors (Lipinski definition) is 1. The van der Waals surface area contributed by atoms with Gasteiger partial charge in [-0.25, -0.2) is 4.57 Å². The van der Waals surface area contributed by atoms with Crippen LogP contribution >= 0.6 is 17.0 Å². The first-order chi connectivity index (χ1) is 8.93. The zero-order chi connectivity index (χ0) is 12.9. The fraction of sp³-hybridized carbons (Fsp3) is 0.706. The van der Waals surface area contributed by atoms with E-state index in [1.54, 1.807) is 0 Å². The van der Waals surface area contributed by atoms with Gasteiger partial charge in [-0.15, -0.1) is 17.0 Å². The molecule has 0 unspecified atom stereocenters. The molecule has 0 fully saturated rings. The van der Waals surface area contributed by atoms with E-state index in [2.05, 4.69) is 42.1 Å². The molecular weight excluding hydrogens is 392 g/mol. The quantitative estimate of drug-likeness (QED) is 0.429. The lowest BCUT2D eigenvalue weighted by molar-refractivity contribution is -0.697. The molecule has 0 spiro atoms. The van der Waals surface area contributed by atoms with Gasteiger partial charge in [0, 0.05) is 18.6 Å². The number of pyridine rings is 1. The lowest BCUT2D eigenvalue weighted by Gasteiger charge is -2.01. The summed E-state index contributed by atoms with van der Waals surface area (Å²) in [4.78, 5) is 0. The molecule has 4 heteroatoms. The summed E-state index contributed by atoms with van der Waals surface area (Å²) in [7, 11) is 0. The van der Waals surface area contributed by atoms with Crippen molar-refractivity contribution in [3.05, 3.63) is 30.6 Å². The third-order valence-electron chi connectivity index (χ3n) is 3.55. The summed E-state index contributed by atoms with van der Waals surface area (Å²) >= 11 is 0. The predicted octanol–water partition coefficient (Wildman–Crippen LogP) is 2.64. The molecule has 0 saturated carbocycles. The average molecular weight is 426 g/mol. The molecule has 0 aromatic carbocycles. The fourth-order valence-electron chi connectivity index (χ4n) is 2.37. The molecule has 0 amide bonds. The summed E-state index contributed by atoms with van der Waals surface area (Å²) in [5, 5.41) is 0. The zero-order valence-electron chi connectivity index (χ0n) is 13.6. The Bertz CT molecular complexity index is 281. The summed E-state index contributed by atoms with van der Waals surface area (Å²) < 4.78 is 2.28. The van der Waals surface area contributed by atoms with E-state index in [0.29, 0.717) is 0 Å². The van der Waals surface area contributed by atoms with Crippen LogP contribution in [0.4, 0.5) is 0 Å². The summed E-state index contributed by atoms with van der Waals surface area (Å²) in [6.45, 7) is 3.46. The van der Waals surface area contributed by atoms with Gasteiger partial charge in [-0.05, 0) is 6.42 Å². The molecule has 0 radical (unpaired) electrons. The minimum atomic E-state index is 0. The van der Waals surface area contributed by atoms with Crippen LogP contribution in [0.25, 0.3) is 0 Å². The van der Waals surface area contributed by atoms with Crippen molar-refractivity contribution in [2.75, 3.05) is 0 Å². The molecule has 3 N–H and O–H groups in total. The van der Waals surface area contributed by atoms with E-state index in [-0.39, 0.29) is 40.1 Å². The molecule has 2 nitrogen and oxygen atoms in total. The minimum Gasteiger partial charge on any atom is -1.00 e. The largest absolute Gasteiger partial charge is 1.00 e. The van der Waals surface area contributed by atoms with Gasteiger partial charge in [0.2, 0.25) is 0 Å². The van der Waals surface area contributed by atoms with Crippen LogP contribution in [0.1, 0.15) is 71.1 Å². The number of halogens is 2. The highest BCUT2D eigenvalue weighted by Gasteiger charge is 1.97. The summed E-state index contributed by atoms with van der Waals surface area (Å²) in [5.41, 5.74) is 0.